The number of carbonyl (C=O) groups excluding carboxylic acids is 4. The first-order valence-corrected chi connectivity index (χ1v) is 22.0. The number of nitrogens with one attached hydrogen (secondary N) is 5. The molecular formula is C47H66N8O7. The van der Waals surface area contributed by atoms with E-state index in [-0.39, 0.29) is 18.4 Å². The van der Waals surface area contributed by atoms with Crippen molar-refractivity contribution in [3.05, 3.63) is 72.4 Å². The lowest BCUT2D eigenvalue weighted by atomic mass is 9.99. The minimum atomic E-state index is -0.699. The van der Waals surface area contributed by atoms with Crippen LogP contribution in [0, 0.1) is 0 Å². The molecule has 4 amide bonds. The van der Waals surface area contributed by atoms with Gasteiger partial charge in [0.15, 0.2) is 0 Å². The van der Waals surface area contributed by atoms with E-state index in [0.717, 1.165) is 75.7 Å². The van der Waals surface area contributed by atoms with Crippen LogP contribution >= 0.6 is 0 Å². The molecular weight excluding hydrogens is 789 g/mol. The Morgan fingerprint density at radius 3 is 2.18 bits per heavy atom. The maximum absolute atomic E-state index is 13.6. The number of morpholine rings is 1. The van der Waals surface area contributed by atoms with Crippen molar-refractivity contribution < 1.29 is 33.4 Å². The third-order valence-corrected chi connectivity index (χ3v) is 10.1. The monoisotopic (exact) mass is 855 g/mol. The van der Waals surface area contributed by atoms with E-state index in [9.17, 15) is 19.2 Å². The fourth-order valence-electron chi connectivity index (χ4n) is 6.92. The number of carbonyl (C=O) groups is 4. The topological polar surface area (TPSA) is 193 Å². The quantitative estimate of drug-likeness (QED) is 0.0605. The van der Waals surface area contributed by atoms with E-state index in [4.69, 9.17) is 14.5 Å². The summed E-state index contributed by atoms with van der Waals surface area (Å²) in [5.74, 6) is 1.06. The first kappa shape index (κ1) is 48.7. The zero-order chi connectivity index (χ0) is 44.9. The molecule has 6 rings (SSSR count). The summed E-state index contributed by atoms with van der Waals surface area (Å²) in [6.45, 7) is 12.1. The van der Waals surface area contributed by atoms with E-state index in [0.29, 0.717) is 38.5 Å². The molecule has 3 heterocycles. The number of alkyl carbamates (subject to hydrolysis) is 2. The number of nitrogens with zero attached hydrogens (tertiary/aromatic N) is 3. The Balaban J connectivity index is 0.000000972. The molecule has 0 spiro atoms. The van der Waals surface area contributed by atoms with Crippen LogP contribution in [-0.4, -0.2) is 102 Å². The number of methoxy groups -OCH3 is 2. The average Bonchev–Trinajstić information content (AvgIpc) is 3.95. The van der Waals surface area contributed by atoms with Crippen molar-refractivity contribution in [3.63, 3.8) is 0 Å². The van der Waals surface area contributed by atoms with Crippen LogP contribution in [0.5, 0.6) is 0 Å². The molecule has 5 aromatic rings. The van der Waals surface area contributed by atoms with Crippen LogP contribution in [0.2, 0.25) is 0 Å². The van der Waals surface area contributed by atoms with Gasteiger partial charge in [0.2, 0.25) is 11.8 Å². The van der Waals surface area contributed by atoms with Gasteiger partial charge < -0.3 is 45.0 Å². The number of fused-ring (bicyclic) bond motifs is 2. The minimum absolute atomic E-state index is 0.120. The molecule has 2 aromatic heterocycles. The van der Waals surface area contributed by atoms with Gasteiger partial charge in [0.1, 0.15) is 23.7 Å². The Labute approximate surface area is 365 Å². The molecule has 1 fully saturated rings. The predicted molar refractivity (Wildman–Crippen MR) is 244 cm³/mol. The molecule has 15 heteroatoms. The molecule has 2 atom stereocenters. The Morgan fingerprint density at radius 1 is 0.823 bits per heavy atom. The number of H-pyrrole nitrogens is 2. The summed E-state index contributed by atoms with van der Waals surface area (Å²) in [5.41, 5.74) is 5.68. The van der Waals surface area contributed by atoms with Crippen molar-refractivity contribution in [1.29, 1.82) is 0 Å². The van der Waals surface area contributed by atoms with Crippen LogP contribution in [0.1, 0.15) is 104 Å². The number of aryl methyl sites for hydroxylation is 1. The summed E-state index contributed by atoms with van der Waals surface area (Å²) in [4.78, 5) is 66.5. The summed E-state index contributed by atoms with van der Waals surface area (Å²) in [5, 5.41) is 10.0. The number of ether oxygens (including phenoxy) is 3. The lowest BCUT2D eigenvalue weighted by Gasteiger charge is -2.36. The smallest absolute Gasteiger partial charge is 0.407 e. The summed E-state index contributed by atoms with van der Waals surface area (Å²) >= 11 is 0. The zero-order valence-electron chi connectivity index (χ0n) is 37.5. The maximum atomic E-state index is 13.6. The van der Waals surface area contributed by atoms with Gasteiger partial charge in [0.05, 0.1) is 56.9 Å². The molecule has 1 aliphatic heterocycles. The molecule has 3 aromatic carbocycles. The van der Waals surface area contributed by atoms with Crippen molar-refractivity contribution in [2.75, 3.05) is 47.1 Å². The number of hydrogen-bond acceptors (Lipinski definition) is 9. The number of aromatic amines is 2. The summed E-state index contributed by atoms with van der Waals surface area (Å²) in [7, 11) is 2.53. The second-order valence-corrected chi connectivity index (χ2v) is 15.2. The Hall–Kier alpha value is -5.96. The van der Waals surface area contributed by atoms with Crippen molar-refractivity contribution in [1.82, 2.24) is 40.8 Å². The molecule has 0 aliphatic carbocycles. The van der Waals surface area contributed by atoms with Crippen LogP contribution in [0.3, 0.4) is 0 Å². The van der Waals surface area contributed by atoms with Crippen molar-refractivity contribution in [2.45, 2.75) is 104 Å². The maximum Gasteiger partial charge on any atom is 0.407 e. The van der Waals surface area contributed by atoms with Crippen LogP contribution < -0.4 is 16.0 Å². The third-order valence-electron chi connectivity index (χ3n) is 10.1. The van der Waals surface area contributed by atoms with Gasteiger partial charge in [-0.3, -0.25) is 9.59 Å². The van der Waals surface area contributed by atoms with Crippen LogP contribution in [-0.2, 0) is 30.2 Å². The predicted octanol–water partition coefficient (Wildman–Crippen LogP) is 8.61. The van der Waals surface area contributed by atoms with Gasteiger partial charge in [-0.05, 0) is 65.4 Å². The fraction of sp³-hybridized carbons (Fsp3) is 0.489. The number of amides is 4. The Kier molecular flexibility index (Phi) is 20.2. The Morgan fingerprint density at radius 2 is 1.50 bits per heavy atom. The Bertz CT molecular complexity index is 2180. The van der Waals surface area contributed by atoms with Crippen molar-refractivity contribution in [3.8, 4) is 22.4 Å². The van der Waals surface area contributed by atoms with E-state index in [2.05, 4.69) is 106 Å². The molecule has 5 N–H and O–H groups in total. The SMILES string of the molecule is CCC.CCCC(NC(=O)OC)C(=O)N1CCOCC1c1nc2ccc(-c3ccc4cc(-c5cnc(CCCCNC(=O)CNC(=O)OC)[nH]5)ccc4c3)cc2[nH]1.CCCCC. The normalized spacial score (nSPS) is 13.9. The van der Waals surface area contributed by atoms with E-state index < -0.39 is 24.3 Å². The van der Waals surface area contributed by atoms with Gasteiger partial charge in [-0.15, -0.1) is 0 Å². The number of unbranched alkanes of at least 4 members (excludes halogenated alkanes) is 3. The molecule has 2 unspecified atom stereocenters. The van der Waals surface area contributed by atoms with E-state index >= 15 is 0 Å². The molecule has 62 heavy (non-hydrogen) atoms. The molecule has 0 bridgehead atoms. The zero-order valence-corrected chi connectivity index (χ0v) is 37.5. The molecule has 0 radical (unpaired) electrons. The van der Waals surface area contributed by atoms with Crippen LogP contribution in [0.15, 0.2) is 60.8 Å². The summed E-state index contributed by atoms with van der Waals surface area (Å²) in [6.07, 6.45) is 9.47. The minimum Gasteiger partial charge on any atom is -0.453 e. The summed E-state index contributed by atoms with van der Waals surface area (Å²) < 4.78 is 15.0. The van der Waals surface area contributed by atoms with E-state index in [1.165, 1.54) is 39.9 Å². The van der Waals surface area contributed by atoms with E-state index in [1.807, 2.05) is 25.3 Å². The highest BCUT2D eigenvalue weighted by Gasteiger charge is 2.35. The highest BCUT2D eigenvalue weighted by atomic mass is 16.5. The van der Waals surface area contributed by atoms with Crippen molar-refractivity contribution >= 4 is 45.8 Å². The fourth-order valence-corrected chi connectivity index (χ4v) is 6.92. The number of aromatic nitrogens is 4. The number of rotatable bonds is 16. The van der Waals surface area contributed by atoms with Crippen LogP contribution in [0.25, 0.3) is 44.2 Å². The van der Waals surface area contributed by atoms with Gasteiger partial charge in [0, 0.05) is 25.1 Å². The summed E-state index contributed by atoms with van der Waals surface area (Å²) in [6, 6.07) is 17.7. The number of hydrogen-bond donors (Lipinski definition) is 5. The second kappa shape index (κ2) is 25.7. The van der Waals surface area contributed by atoms with Gasteiger partial charge in [-0.25, -0.2) is 19.6 Å². The second-order valence-electron chi connectivity index (χ2n) is 15.2. The first-order chi connectivity index (χ1) is 30.1. The molecule has 336 valence electrons. The molecule has 1 aliphatic rings. The molecule has 15 nitrogen and oxygen atoms in total. The lowest BCUT2D eigenvalue weighted by Crippen LogP contribution is -2.53. The highest BCUT2D eigenvalue weighted by Crippen LogP contribution is 2.31. The van der Waals surface area contributed by atoms with Gasteiger partial charge in [-0.1, -0.05) is 97.1 Å². The largest absolute Gasteiger partial charge is 0.453 e. The molecule has 0 saturated carbocycles. The third kappa shape index (κ3) is 14.3. The average molecular weight is 855 g/mol. The van der Waals surface area contributed by atoms with Gasteiger partial charge in [-0.2, -0.15) is 0 Å². The van der Waals surface area contributed by atoms with Crippen LogP contribution in [0.4, 0.5) is 9.59 Å². The first-order valence-electron chi connectivity index (χ1n) is 22.0. The van der Waals surface area contributed by atoms with Gasteiger partial charge in [0.25, 0.3) is 0 Å². The number of benzene rings is 3. The van der Waals surface area contributed by atoms with Gasteiger partial charge >= 0.3 is 12.2 Å². The van der Waals surface area contributed by atoms with Crippen molar-refractivity contribution in [2.24, 2.45) is 0 Å². The van der Waals surface area contributed by atoms with E-state index in [1.54, 1.807) is 4.90 Å². The highest BCUT2D eigenvalue weighted by molar-refractivity contribution is 5.92. The lowest BCUT2D eigenvalue weighted by molar-refractivity contribution is -0.143. The standard InChI is InChI=1S/C39H46N8O7.C5H12.C3H8/c1-4-7-30(46-39(51)53-3)37(49)47-16-17-54-23-33(47)36-44-29-14-13-27(20-31(29)45-36)25-9-10-26-19-28(12-11-24(26)18-25)32-21-41-34(43-32)8-5-6-15-40-35(48)22-42-38(50)52-2;1-3-5-4-2;1-3-2/h9-14,18-21,30,33H,4-8,15-17,22-23H2,1-3H3,(H,40,48)(H,41,43)(H,42,50)(H,44,45)(H,46,51);3-5H2,1-2H3;3H2,1-2H3. The number of imidazole rings is 2. The molecule has 1 saturated heterocycles.